The Hall–Kier alpha value is -2.70. The average molecular weight is 320 g/mol. The van der Waals surface area contributed by atoms with Crippen LogP contribution in [0.15, 0.2) is 24.3 Å². The van der Waals surface area contributed by atoms with Gasteiger partial charge in [-0.1, -0.05) is 6.92 Å². The molecule has 1 atom stereocenters. The van der Waals surface area contributed by atoms with E-state index in [2.05, 4.69) is 5.32 Å². The number of carbonyl (C=O) groups is 4. The van der Waals surface area contributed by atoms with Gasteiger partial charge < -0.3 is 15.8 Å². The number of carbonyl (C=O) groups excluding carboxylic acids is 4. The smallest absolute Gasteiger partial charge is 0.308 e. The van der Waals surface area contributed by atoms with Gasteiger partial charge in [0.2, 0.25) is 5.91 Å². The minimum absolute atomic E-state index is 0.00349. The highest BCUT2D eigenvalue weighted by Gasteiger charge is 2.19. The van der Waals surface area contributed by atoms with E-state index in [4.69, 9.17) is 10.5 Å². The molecule has 7 nitrogen and oxygen atoms in total. The first-order valence-electron chi connectivity index (χ1n) is 7.23. The number of esters is 1. The third kappa shape index (κ3) is 6.29. The molecule has 1 aromatic rings. The third-order valence-electron chi connectivity index (χ3n) is 3.13. The van der Waals surface area contributed by atoms with Crippen LogP contribution in [0.1, 0.15) is 43.5 Å². The minimum Gasteiger partial charge on any atom is -0.427 e. The molecule has 124 valence electrons. The number of hydrogen-bond acceptors (Lipinski definition) is 5. The summed E-state index contributed by atoms with van der Waals surface area (Å²) >= 11 is 0. The van der Waals surface area contributed by atoms with Crippen molar-refractivity contribution in [1.82, 2.24) is 5.32 Å². The van der Waals surface area contributed by atoms with E-state index in [1.54, 1.807) is 6.92 Å². The third-order valence-corrected chi connectivity index (χ3v) is 3.13. The number of amides is 2. The summed E-state index contributed by atoms with van der Waals surface area (Å²) in [7, 11) is 0. The van der Waals surface area contributed by atoms with Crippen LogP contribution in [0.3, 0.4) is 0 Å². The first-order valence-corrected chi connectivity index (χ1v) is 7.23. The molecule has 3 N–H and O–H groups in total. The number of rotatable bonds is 8. The van der Waals surface area contributed by atoms with Crippen molar-refractivity contribution in [1.29, 1.82) is 0 Å². The second-order valence-electron chi connectivity index (χ2n) is 4.98. The van der Waals surface area contributed by atoms with Crippen molar-refractivity contribution in [3.8, 4) is 5.75 Å². The Morgan fingerprint density at radius 2 is 1.78 bits per heavy atom. The predicted molar refractivity (Wildman–Crippen MR) is 82.7 cm³/mol. The number of nitrogens with one attached hydrogen (secondary N) is 1. The fourth-order valence-corrected chi connectivity index (χ4v) is 1.85. The van der Waals surface area contributed by atoms with Crippen LogP contribution in [-0.2, 0) is 14.4 Å². The molecule has 2 amide bonds. The molecule has 0 aliphatic carbocycles. The Kier molecular flexibility index (Phi) is 6.92. The molecule has 0 radical (unpaired) electrons. The predicted octanol–water partition coefficient (Wildman–Crippen LogP) is 0.955. The largest absolute Gasteiger partial charge is 0.427 e. The summed E-state index contributed by atoms with van der Waals surface area (Å²) in [5.74, 6) is -1.34. The van der Waals surface area contributed by atoms with Gasteiger partial charge in [-0.3, -0.25) is 19.2 Å². The van der Waals surface area contributed by atoms with Crippen molar-refractivity contribution < 1.29 is 23.9 Å². The number of nitrogens with two attached hydrogens (primary N) is 1. The Morgan fingerprint density at radius 3 is 2.26 bits per heavy atom. The summed E-state index contributed by atoms with van der Waals surface area (Å²) in [4.78, 5) is 45.6. The fourth-order valence-electron chi connectivity index (χ4n) is 1.85. The number of Topliss-reactive ketones (excluding diaryl/α,β-unsaturated/α-hetero) is 1. The number of primary amides is 1. The molecule has 1 aromatic carbocycles. The van der Waals surface area contributed by atoms with Gasteiger partial charge in [0.25, 0.3) is 5.91 Å². The second-order valence-corrected chi connectivity index (χ2v) is 4.98. The molecular weight excluding hydrogens is 300 g/mol. The van der Waals surface area contributed by atoms with E-state index in [0.29, 0.717) is 12.2 Å². The van der Waals surface area contributed by atoms with E-state index in [0.717, 1.165) is 0 Å². The molecule has 7 heteroatoms. The van der Waals surface area contributed by atoms with E-state index < -0.39 is 23.8 Å². The van der Waals surface area contributed by atoms with Crippen LogP contribution in [0.25, 0.3) is 0 Å². The molecule has 0 unspecified atom stereocenters. The fraction of sp³-hybridized carbons (Fsp3) is 0.375. The zero-order valence-corrected chi connectivity index (χ0v) is 13.1. The molecular formula is C16H20N2O5. The molecule has 0 bridgehead atoms. The summed E-state index contributed by atoms with van der Waals surface area (Å²) in [6, 6.07) is 4.95. The standard InChI is InChI=1S/C16H20N2O5/c1-3-12(20)6-9-14(15(17)21)18-16(22)11-4-7-13(8-5-11)23-10(2)19/h4-5,7-8,14H,3,6,9H2,1-2H3,(H2,17,21)(H,18,22)/t14-/m1/s1. The highest BCUT2D eigenvalue weighted by atomic mass is 16.5. The highest BCUT2D eigenvalue weighted by Crippen LogP contribution is 2.13. The monoisotopic (exact) mass is 320 g/mol. The maximum absolute atomic E-state index is 12.1. The topological polar surface area (TPSA) is 116 Å². The summed E-state index contributed by atoms with van der Waals surface area (Å²) in [6.07, 6.45) is 0.714. The lowest BCUT2D eigenvalue weighted by atomic mass is 10.1. The zero-order chi connectivity index (χ0) is 17.4. The van der Waals surface area contributed by atoms with Gasteiger partial charge >= 0.3 is 5.97 Å². The van der Waals surface area contributed by atoms with Gasteiger partial charge in [-0.25, -0.2) is 0 Å². The Balaban J connectivity index is 2.69. The molecule has 23 heavy (non-hydrogen) atoms. The van der Waals surface area contributed by atoms with Crippen LogP contribution < -0.4 is 15.8 Å². The minimum atomic E-state index is -0.911. The van der Waals surface area contributed by atoms with E-state index >= 15 is 0 Å². The molecule has 0 saturated carbocycles. The van der Waals surface area contributed by atoms with Gasteiger partial charge in [0.15, 0.2) is 0 Å². The van der Waals surface area contributed by atoms with E-state index in [-0.39, 0.29) is 24.2 Å². The van der Waals surface area contributed by atoms with Gasteiger partial charge in [-0.2, -0.15) is 0 Å². The lowest BCUT2D eigenvalue weighted by Gasteiger charge is -2.15. The SMILES string of the molecule is CCC(=O)CC[C@@H](NC(=O)c1ccc(OC(C)=O)cc1)C(N)=O. The second kappa shape index (κ2) is 8.67. The summed E-state index contributed by atoms with van der Waals surface area (Å²) in [6.45, 7) is 3.00. The van der Waals surface area contributed by atoms with Crippen LogP contribution in [0.5, 0.6) is 5.75 Å². The molecule has 0 heterocycles. The van der Waals surface area contributed by atoms with Gasteiger partial charge in [0, 0.05) is 25.3 Å². The Morgan fingerprint density at radius 1 is 1.17 bits per heavy atom. The van der Waals surface area contributed by atoms with Gasteiger partial charge in [0.05, 0.1) is 0 Å². The molecule has 0 aliphatic rings. The molecule has 0 spiro atoms. The quantitative estimate of drug-likeness (QED) is 0.546. The maximum atomic E-state index is 12.1. The van der Waals surface area contributed by atoms with E-state index in [1.807, 2.05) is 0 Å². The molecule has 0 aromatic heterocycles. The number of benzene rings is 1. The van der Waals surface area contributed by atoms with Crippen molar-refractivity contribution in [2.45, 2.75) is 39.2 Å². The van der Waals surface area contributed by atoms with Gasteiger partial charge in [-0.05, 0) is 30.7 Å². The van der Waals surface area contributed by atoms with Crippen LogP contribution >= 0.6 is 0 Å². The summed E-state index contributed by atoms with van der Waals surface area (Å²) < 4.78 is 4.86. The summed E-state index contributed by atoms with van der Waals surface area (Å²) in [5.41, 5.74) is 5.53. The zero-order valence-electron chi connectivity index (χ0n) is 13.1. The van der Waals surface area contributed by atoms with Crippen LogP contribution in [0.4, 0.5) is 0 Å². The van der Waals surface area contributed by atoms with Crippen molar-refractivity contribution in [3.63, 3.8) is 0 Å². The molecule has 1 rings (SSSR count). The van der Waals surface area contributed by atoms with Crippen molar-refractivity contribution in [2.24, 2.45) is 5.73 Å². The van der Waals surface area contributed by atoms with Crippen molar-refractivity contribution >= 4 is 23.6 Å². The lowest BCUT2D eigenvalue weighted by molar-refractivity contribution is -0.132. The van der Waals surface area contributed by atoms with E-state index in [1.165, 1.54) is 31.2 Å². The first-order chi connectivity index (χ1) is 10.8. The highest BCUT2D eigenvalue weighted by molar-refractivity contribution is 5.97. The van der Waals surface area contributed by atoms with Crippen LogP contribution in [0, 0.1) is 0 Å². The molecule has 0 saturated heterocycles. The average Bonchev–Trinajstić information content (AvgIpc) is 2.50. The van der Waals surface area contributed by atoms with Crippen molar-refractivity contribution in [2.75, 3.05) is 0 Å². The van der Waals surface area contributed by atoms with Gasteiger partial charge in [-0.15, -0.1) is 0 Å². The van der Waals surface area contributed by atoms with E-state index in [9.17, 15) is 19.2 Å². The molecule has 0 fully saturated rings. The van der Waals surface area contributed by atoms with Crippen LogP contribution in [0.2, 0.25) is 0 Å². The first kappa shape index (κ1) is 18.3. The Labute approximate surface area is 134 Å². The Bertz CT molecular complexity index is 595. The molecule has 0 aliphatic heterocycles. The maximum Gasteiger partial charge on any atom is 0.308 e. The van der Waals surface area contributed by atoms with Gasteiger partial charge in [0.1, 0.15) is 17.6 Å². The van der Waals surface area contributed by atoms with Crippen LogP contribution in [-0.4, -0.2) is 29.6 Å². The lowest BCUT2D eigenvalue weighted by Crippen LogP contribution is -2.44. The number of ketones is 1. The summed E-state index contributed by atoms with van der Waals surface area (Å²) in [5, 5.41) is 2.50. The van der Waals surface area contributed by atoms with Crippen molar-refractivity contribution in [3.05, 3.63) is 29.8 Å². The number of ether oxygens (including phenoxy) is 1. The number of hydrogen-bond donors (Lipinski definition) is 2. The normalized spacial score (nSPS) is 11.4.